The molecule has 1 N–H and O–H groups in total. The van der Waals surface area contributed by atoms with Crippen LogP contribution in [0.5, 0.6) is 0 Å². The number of ether oxygens (including phenoxy) is 1. The zero-order valence-electron chi connectivity index (χ0n) is 14.7. The van der Waals surface area contributed by atoms with Crippen LogP contribution >= 0.6 is 23.4 Å². The third kappa shape index (κ3) is 4.38. The smallest absolute Gasteiger partial charge is 0.234 e. The Kier molecular flexibility index (Phi) is 6.19. The molecule has 3 aromatic rings. The van der Waals surface area contributed by atoms with Gasteiger partial charge in [-0.15, -0.1) is 0 Å². The summed E-state index contributed by atoms with van der Waals surface area (Å²) in [4.78, 5) is 16.9. The number of halogens is 1. The second kappa shape index (κ2) is 8.58. The molecule has 1 aromatic heterocycles. The van der Waals surface area contributed by atoms with Crippen molar-refractivity contribution in [3.05, 3.63) is 53.1 Å². The van der Waals surface area contributed by atoms with Crippen LogP contribution in [0.4, 0.5) is 5.69 Å². The molecule has 3 rings (SSSR count). The largest absolute Gasteiger partial charge is 0.383 e. The van der Waals surface area contributed by atoms with E-state index in [1.54, 1.807) is 7.11 Å². The number of carbonyl (C=O) groups is 1. The van der Waals surface area contributed by atoms with E-state index in [4.69, 9.17) is 16.3 Å². The first-order valence-electron chi connectivity index (χ1n) is 8.21. The fraction of sp³-hybridized carbons (Fsp3) is 0.263. The standard InChI is InChI=1S/C19H20ClN3O2S/c1-13-7-8-15(14(20)11-13)21-18(24)12-26-19-22-16-5-3-4-6-17(16)23(19)9-10-25-2/h3-8,11H,9-10,12H2,1-2H3,(H,21,24). The van der Waals surface area contributed by atoms with E-state index in [2.05, 4.69) is 14.9 Å². The zero-order chi connectivity index (χ0) is 18.5. The number of imidazole rings is 1. The lowest BCUT2D eigenvalue weighted by Crippen LogP contribution is -2.15. The maximum atomic E-state index is 12.3. The molecule has 136 valence electrons. The minimum Gasteiger partial charge on any atom is -0.383 e. The molecule has 0 unspecified atom stereocenters. The number of fused-ring (bicyclic) bond motifs is 1. The van der Waals surface area contributed by atoms with E-state index in [-0.39, 0.29) is 11.7 Å². The van der Waals surface area contributed by atoms with Crippen LogP contribution in [0.25, 0.3) is 11.0 Å². The first-order valence-corrected chi connectivity index (χ1v) is 9.58. The van der Waals surface area contributed by atoms with E-state index in [0.717, 1.165) is 21.8 Å². The molecule has 0 radical (unpaired) electrons. The summed E-state index contributed by atoms with van der Waals surface area (Å²) in [7, 11) is 1.67. The molecule has 0 atom stereocenters. The summed E-state index contributed by atoms with van der Waals surface area (Å²) in [5.74, 6) is 0.131. The van der Waals surface area contributed by atoms with Gasteiger partial charge in [0.2, 0.25) is 5.91 Å². The molecule has 1 amide bonds. The minimum absolute atomic E-state index is 0.119. The molecule has 0 aliphatic rings. The predicted molar refractivity (Wildman–Crippen MR) is 107 cm³/mol. The van der Waals surface area contributed by atoms with Gasteiger partial charge in [0.25, 0.3) is 0 Å². The number of hydrogen-bond acceptors (Lipinski definition) is 4. The average Bonchev–Trinajstić information content (AvgIpc) is 2.98. The van der Waals surface area contributed by atoms with E-state index in [1.807, 2.05) is 49.4 Å². The topological polar surface area (TPSA) is 56.1 Å². The molecule has 0 spiro atoms. The third-order valence-electron chi connectivity index (χ3n) is 3.87. The molecule has 0 saturated heterocycles. The van der Waals surface area contributed by atoms with E-state index >= 15 is 0 Å². The number of nitrogens with zero attached hydrogens (tertiary/aromatic N) is 2. The van der Waals surface area contributed by atoms with Gasteiger partial charge in [-0.2, -0.15) is 0 Å². The summed E-state index contributed by atoms with van der Waals surface area (Å²) in [5.41, 5.74) is 3.62. The highest BCUT2D eigenvalue weighted by atomic mass is 35.5. The van der Waals surface area contributed by atoms with E-state index in [0.29, 0.717) is 23.9 Å². The van der Waals surface area contributed by atoms with Crippen LogP contribution in [0.2, 0.25) is 5.02 Å². The number of nitrogens with one attached hydrogen (secondary N) is 1. The Morgan fingerprint density at radius 3 is 2.88 bits per heavy atom. The second-order valence-electron chi connectivity index (χ2n) is 5.85. The molecule has 0 aliphatic carbocycles. The van der Waals surface area contributed by atoms with Crippen LogP contribution in [0.3, 0.4) is 0 Å². The number of aromatic nitrogens is 2. The summed E-state index contributed by atoms with van der Waals surface area (Å²) in [6.07, 6.45) is 0. The van der Waals surface area contributed by atoms with Crippen LogP contribution in [0.1, 0.15) is 5.56 Å². The number of rotatable bonds is 7. The summed E-state index contributed by atoms with van der Waals surface area (Å²) < 4.78 is 7.27. The SMILES string of the molecule is COCCn1c(SCC(=O)Nc2ccc(C)cc2Cl)nc2ccccc21. The number of anilines is 1. The van der Waals surface area contributed by atoms with E-state index < -0.39 is 0 Å². The first kappa shape index (κ1) is 18.8. The van der Waals surface area contributed by atoms with Crippen LogP contribution in [-0.2, 0) is 16.1 Å². The van der Waals surface area contributed by atoms with Gasteiger partial charge in [-0.1, -0.05) is 41.6 Å². The van der Waals surface area contributed by atoms with Crippen LogP contribution in [0.15, 0.2) is 47.6 Å². The lowest BCUT2D eigenvalue weighted by atomic mass is 10.2. The maximum Gasteiger partial charge on any atom is 0.234 e. The Morgan fingerprint density at radius 2 is 2.12 bits per heavy atom. The molecule has 5 nitrogen and oxygen atoms in total. The van der Waals surface area contributed by atoms with Gasteiger partial charge >= 0.3 is 0 Å². The van der Waals surface area contributed by atoms with Gasteiger partial charge < -0.3 is 14.6 Å². The number of methoxy groups -OCH3 is 1. The highest BCUT2D eigenvalue weighted by Crippen LogP contribution is 2.26. The predicted octanol–water partition coefficient (Wildman–Crippen LogP) is 4.38. The minimum atomic E-state index is -0.119. The lowest BCUT2D eigenvalue weighted by molar-refractivity contribution is -0.113. The number of benzene rings is 2. The van der Waals surface area contributed by atoms with Crippen molar-refractivity contribution in [1.82, 2.24) is 9.55 Å². The third-order valence-corrected chi connectivity index (χ3v) is 5.16. The normalized spacial score (nSPS) is 11.0. The van der Waals surface area contributed by atoms with E-state index in [9.17, 15) is 4.79 Å². The Bertz CT molecular complexity index is 926. The van der Waals surface area contributed by atoms with Crippen LogP contribution < -0.4 is 5.32 Å². The fourth-order valence-electron chi connectivity index (χ4n) is 2.60. The Morgan fingerprint density at radius 1 is 1.31 bits per heavy atom. The molecule has 0 bridgehead atoms. The first-order chi connectivity index (χ1) is 12.6. The number of aryl methyl sites for hydroxylation is 1. The van der Waals surface area contributed by atoms with Crippen molar-refractivity contribution < 1.29 is 9.53 Å². The van der Waals surface area contributed by atoms with Gasteiger partial charge in [0.05, 0.1) is 34.1 Å². The average molecular weight is 390 g/mol. The van der Waals surface area contributed by atoms with Gasteiger partial charge in [0.1, 0.15) is 0 Å². The molecule has 0 fully saturated rings. The van der Waals surface area contributed by atoms with Crippen LogP contribution in [-0.4, -0.2) is 34.9 Å². The van der Waals surface area contributed by atoms with Gasteiger partial charge in [0.15, 0.2) is 5.16 Å². The van der Waals surface area contributed by atoms with Crippen molar-refractivity contribution in [2.75, 3.05) is 24.8 Å². The fourth-order valence-corrected chi connectivity index (χ4v) is 3.72. The molecular formula is C19H20ClN3O2S. The molecule has 7 heteroatoms. The summed E-state index contributed by atoms with van der Waals surface area (Å²) >= 11 is 7.58. The molecule has 26 heavy (non-hydrogen) atoms. The molecular weight excluding hydrogens is 370 g/mol. The number of carbonyl (C=O) groups excluding carboxylic acids is 1. The van der Waals surface area contributed by atoms with Crippen molar-refractivity contribution >= 4 is 46.0 Å². The molecule has 0 aliphatic heterocycles. The Balaban J connectivity index is 1.71. The van der Waals surface area contributed by atoms with Crippen molar-refractivity contribution in [3.8, 4) is 0 Å². The molecule has 1 heterocycles. The van der Waals surface area contributed by atoms with Crippen molar-refractivity contribution in [2.24, 2.45) is 0 Å². The maximum absolute atomic E-state index is 12.3. The van der Waals surface area contributed by atoms with Crippen molar-refractivity contribution in [2.45, 2.75) is 18.6 Å². The van der Waals surface area contributed by atoms with Crippen LogP contribution in [0, 0.1) is 6.92 Å². The highest BCUT2D eigenvalue weighted by molar-refractivity contribution is 7.99. The number of thioether (sulfide) groups is 1. The van der Waals surface area contributed by atoms with Gasteiger partial charge in [0, 0.05) is 13.7 Å². The van der Waals surface area contributed by atoms with Gasteiger partial charge in [-0.05, 0) is 36.8 Å². The summed E-state index contributed by atoms with van der Waals surface area (Å²) in [6, 6.07) is 13.5. The Labute approximate surface area is 161 Å². The number of hydrogen-bond donors (Lipinski definition) is 1. The van der Waals surface area contributed by atoms with Gasteiger partial charge in [-0.3, -0.25) is 4.79 Å². The highest BCUT2D eigenvalue weighted by Gasteiger charge is 2.13. The molecule has 2 aromatic carbocycles. The summed E-state index contributed by atoms with van der Waals surface area (Å²) in [6.45, 7) is 3.22. The Hall–Kier alpha value is -2.02. The molecule has 0 saturated carbocycles. The summed E-state index contributed by atoms with van der Waals surface area (Å²) in [5, 5.41) is 4.19. The number of amides is 1. The lowest BCUT2D eigenvalue weighted by Gasteiger charge is -2.09. The van der Waals surface area contributed by atoms with E-state index in [1.165, 1.54) is 11.8 Å². The van der Waals surface area contributed by atoms with Crippen molar-refractivity contribution in [3.63, 3.8) is 0 Å². The number of para-hydroxylation sites is 2. The zero-order valence-corrected chi connectivity index (χ0v) is 16.2. The monoisotopic (exact) mass is 389 g/mol. The van der Waals surface area contributed by atoms with Crippen molar-refractivity contribution in [1.29, 1.82) is 0 Å². The second-order valence-corrected chi connectivity index (χ2v) is 7.20. The van der Waals surface area contributed by atoms with Gasteiger partial charge in [-0.25, -0.2) is 4.98 Å². The quantitative estimate of drug-likeness (QED) is 0.609.